The molecule has 0 radical (unpaired) electrons. The van der Waals surface area contributed by atoms with Gasteiger partial charge in [0.1, 0.15) is 0 Å². The molecule has 0 aliphatic heterocycles. The Hall–Kier alpha value is -2.07. The number of aliphatic hydroxyl groups excluding tert-OH is 1. The molecule has 0 spiro atoms. The van der Waals surface area contributed by atoms with E-state index in [2.05, 4.69) is 4.85 Å². The van der Waals surface area contributed by atoms with Gasteiger partial charge in [-0.05, 0) is 12.1 Å². The molecule has 58 valence electrons. The standard InChI is InChI=1S/C8H3FN2O/c9-7-3-6(4-10)1-2-8(7)11-5-12/h1-3H/p+1. The van der Waals surface area contributed by atoms with Crippen LogP contribution in [0, 0.1) is 23.4 Å². The van der Waals surface area contributed by atoms with Crippen LogP contribution in [0.1, 0.15) is 5.56 Å². The van der Waals surface area contributed by atoms with Crippen LogP contribution < -0.4 is 0 Å². The van der Waals surface area contributed by atoms with Gasteiger partial charge in [-0.25, -0.2) is 0 Å². The number of benzene rings is 1. The van der Waals surface area contributed by atoms with Crippen LogP contribution in [0.15, 0.2) is 18.2 Å². The number of halogens is 1. The second kappa shape index (κ2) is 3.36. The van der Waals surface area contributed by atoms with Crippen molar-refractivity contribution in [2.24, 2.45) is 0 Å². The first kappa shape index (κ1) is 8.03. The Labute approximate surface area is 68.1 Å². The highest BCUT2D eigenvalue weighted by atomic mass is 19.1. The van der Waals surface area contributed by atoms with Crippen LogP contribution in [-0.4, -0.2) is 5.11 Å². The van der Waals surface area contributed by atoms with Gasteiger partial charge in [0.15, 0.2) is 0 Å². The van der Waals surface area contributed by atoms with Gasteiger partial charge in [-0.15, -0.1) is 0 Å². The van der Waals surface area contributed by atoms with E-state index < -0.39 is 5.82 Å². The molecule has 12 heavy (non-hydrogen) atoms. The molecule has 0 aliphatic rings. The Bertz CT molecular complexity index is 398. The summed E-state index contributed by atoms with van der Waals surface area (Å²) in [7, 11) is 0. The van der Waals surface area contributed by atoms with Crippen LogP contribution in [0.4, 0.5) is 10.1 Å². The summed E-state index contributed by atoms with van der Waals surface area (Å²) in [6.45, 7) is 0. The summed E-state index contributed by atoms with van der Waals surface area (Å²) >= 11 is 0. The van der Waals surface area contributed by atoms with Crippen molar-refractivity contribution in [1.29, 1.82) is 5.26 Å². The van der Waals surface area contributed by atoms with Crippen molar-refractivity contribution in [3.05, 3.63) is 34.4 Å². The molecule has 1 aromatic rings. The number of rotatable bonds is 0. The minimum atomic E-state index is -0.657. The monoisotopic (exact) mass is 163 g/mol. The third kappa shape index (κ3) is 1.50. The average Bonchev–Trinajstić information content (AvgIpc) is 2.09. The lowest BCUT2D eigenvalue weighted by Gasteiger charge is -1.84. The zero-order chi connectivity index (χ0) is 8.97. The third-order valence-corrected chi connectivity index (χ3v) is 1.25. The highest BCUT2D eigenvalue weighted by Gasteiger charge is 2.10. The SMILES string of the molecule is N#Cc1ccc([N+]#CO)c(F)c1. The van der Waals surface area contributed by atoms with Crippen LogP contribution in [0.3, 0.4) is 0 Å². The molecule has 0 heterocycles. The molecule has 0 atom stereocenters. The molecule has 1 aromatic carbocycles. The molecule has 0 aromatic heterocycles. The van der Waals surface area contributed by atoms with Gasteiger partial charge >= 0.3 is 11.9 Å². The number of nitrogens with zero attached hydrogens (tertiary/aromatic N) is 2. The lowest BCUT2D eigenvalue weighted by Crippen LogP contribution is -1.77. The molecule has 1 rings (SSSR count). The van der Waals surface area contributed by atoms with E-state index in [4.69, 9.17) is 10.4 Å². The molecular formula is C8H4FN2O+. The first-order chi connectivity index (χ1) is 5.77. The summed E-state index contributed by atoms with van der Waals surface area (Å²) in [5, 5.41) is 16.5. The number of nitriles is 1. The molecule has 0 saturated carbocycles. The van der Waals surface area contributed by atoms with Crippen molar-refractivity contribution in [3.8, 4) is 12.3 Å². The molecular weight excluding hydrogens is 159 g/mol. The lowest BCUT2D eigenvalue weighted by molar-refractivity contribution is 0.515. The normalized spacial score (nSPS) is 8.00. The van der Waals surface area contributed by atoms with Gasteiger partial charge in [0.05, 0.1) is 11.6 Å². The summed E-state index contributed by atoms with van der Waals surface area (Å²) in [4.78, 5) is 3.20. The maximum Gasteiger partial charge on any atom is 0.520 e. The van der Waals surface area contributed by atoms with Crippen molar-refractivity contribution in [3.63, 3.8) is 0 Å². The first-order valence-corrected chi connectivity index (χ1v) is 3.07. The molecule has 0 amide bonds. The summed E-state index contributed by atoms with van der Waals surface area (Å²) < 4.78 is 12.8. The molecule has 4 heteroatoms. The fraction of sp³-hybridized carbons (Fsp3) is 0. The zero-order valence-electron chi connectivity index (χ0n) is 5.95. The molecule has 0 aliphatic carbocycles. The van der Waals surface area contributed by atoms with E-state index in [0.29, 0.717) is 0 Å². The Kier molecular flexibility index (Phi) is 2.25. The van der Waals surface area contributed by atoms with Gasteiger partial charge in [0, 0.05) is 10.9 Å². The van der Waals surface area contributed by atoms with Gasteiger partial charge in [0.25, 0.3) is 0 Å². The second-order valence-corrected chi connectivity index (χ2v) is 1.99. The quantitative estimate of drug-likeness (QED) is 0.594. The van der Waals surface area contributed by atoms with Crippen molar-refractivity contribution in [2.45, 2.75) is 0 Å². The van der Waals surface area contributed by atoms with E-state index in [1.165, 1.54) is 18.4 Å². The van der Waals surface area contributed by atoms with E-state index in [-0.39, 0.29) is 11.3 Å². The predicted octanol–water partition coefficient (Wildman–Crippen LogP) is 1.99. The number of aliphatic hydroxyl groups is 1. The van der Waals surface area contributed by atoms with E-state index in [1.807, 2.05) is 0 Å². The topological polar surface area (TPSA) is 48.4 Å². The molecule has 1 N–H and O–H groups in total. The zero-order valence-corrected chi connectivity index (χ0v) is 5.95. The van der Waals surface area contributed by atoms with Gasteiger partial charge in [-0.2, -0.15) is 9.65 Å². The minimum absolute atomic E-state index is 0.0449. The van der Waals surface area contributed by atoms with Gasteiger partial charge in [-0.1, -0.05) is 0 Å². The Morgan fingerprint density at radius 1 is 1.50 bits per heavy atom. The Morgan fingerprint density at radius 3 is 2.75 bits per heavy atom. The van der Waals surface area contributed by atoms with Crippen molar-refractivity contribution < 1.29 is 9.50 Å². The molecule has 0 fully saturated rings. The Morgan fingerprint density at radius 2 is 2.25 bits per heavy atom. The summed E-state index contributed by atoms with van der Waals surface area (Å²) in [6.07, 6.45) is 1.46. The largest absolute Gasteiger partial charge is 0.520 e. The fourth-order valence-corrected chi connectivity index (χ4v) is 0.721. The van der Waals surface area contributed by atoms with Crippen molar-refractivity contribution >= 4 is 5.69 Å². The highest BCUT2D eigenvalue weighted by molar-refractivity contribution is 5.50. The predicted molar refractivity (Wildman–Crippen MR) is 40.0 cm³/mol. The minimum Gasteiger partial charge on any atom is -0.408 e. The van der Waals surface area contributed by atoms with Crippen LogP contribution >= 0.6 is 0 Å². The number of hydrogen-bond donors (Lipinski definition) is 1. The van der Waals surface area contributed by atoms with E-state index >= 15 is 0 Å². The van der Waals surface area contributed by atoms with Crippen LogP contribution in [0.2, 0.25) is 0 Å². The highest BCUT2D eigenvalue weighted by Crippen LogP contribution is 2.18. The first-order valence-electron chi connectivity index (χ1n) is 3.07. The smallest absolute Gasteiger partial charge is 0.408 e. The summed E-state index contributed by atoms with van der Waals surface area (Å²) in [5.41, 5.74) is 0.167. The van der Waals surface area contributed by atoms with E-state index in [9.17, 15) is 4.39 Å². The molecule has 0 bridgehead atoms. The van der Waals surface area contributed by atoms with Gasteiger partial charge < -0.3 is 5.11 Å². The third-order valence-electron chi connectivity index (χ3n) is 1.25. The maximum atomic E-state index is 12.8. The maximum absolute atomic E-state index is 12.8. The van der Waals surface area contributed by atoms with Gasteiger partial charge in [0.2, 0.25) is 5.82 Å². The Balaban J connectivity index is 3.20. The molecule has 3 nitrogen and oxygen atoms in total. The van der Waals surface area contributed by atoms with E-state index in [0.717, 1.165) is 6.07 Å². The van der Waals surface area contributed by atoms with Crippen LogP contribution in [0.5, 0.6) is 0 Å². The molecule has 0 unspecified atom stereocenters. The van der Waals surface area contributed by atoms with Crippen LogP contribution in [0.25, 0.3) is 4.85 Å². The van der Waals surface area contributed by atoms with Crippen molar-refractivity contribution in [2.75, 3.05) is 0 Å². The number of hydrogen-bond acceptors (Lipinski definition) is 2. The van der Waals surface area contributed by atoms with Gasteiger partial charge in [-0.3, -0.25) is 0 Å². The average molecular weight is 163 g/mol. The van der Waals surface area contributed by atoms with Crippen molar-refractivity contribution in [1.82, 2.24) is 0 Å². The summed E-state index contributed by atoms with van der Waals surface area (Å²) in [5.74, 6) is -0.657. The fourth-order valence-electron chi connectivity index (χ4n) is 0.721. The second-order valence-electron chi connectivity index (χ2n) is 1.99. The van der Waals surface area contributed by atoms with Crippen LogP contribution in [-0.2, 0) is 0 Å². The lowest BCUT2D eigenvalue weighted by atomic mass is 10.2. The van der Waals surface area contributed by atoms with E-state index in [1.54, 1.807) is 6.07 Å². The summed E-state index contributed by atoms with van der Waals surface area (Å²) in [6, 6.07) is 5.50. The molecule has 0 saturated heterocycles.